The molecule has 0 fully saturated rings. The van der Waals surface area contributed by atoms with Crippen molar-refractivity contribution in [1.29, 1.82) is 0 Å². The maximum Gasteiger partial charge on any atom is 2.00 e. The second kappa shape index (κ2) is 19.4. The Kier molecular flexibility index (Phi) is 9.86. The number of nitrogens with zero attached hydrogens (tertiary/aromatic N) is 2. The van der Waals surface area contributed by atoms with Crippen molar-refractivity contribution in [1.82, 2.24) is 0 Å². The van der Waals surface area contributed by atoms with Crippen molar-refractivity contribution >= 4 is 33.0 Å². The van der Waals surface area contributed by atoms with E-state index in [4.69, 9.17) is 16.4 Å². The number of hydrogen-bond acceptors (Lipinski definition) is 8. The molecule has 4 aromatic rings. The molecule has 0 saturated carbocycles. The van der Waals surface area contributed by atoms with Gasteiger partial charge in [0.15, 0.2) is 0 Å². The van der Waals surface area contributed by atoms with Crippen molar-refractivity contribution in [2.45, 2.75) is 0 Å². The second-order valence-corrected chi connectivity index (χ2v) is 9.17. The van der Waals surface area contributed by atoms with Crippen LogP contribution < -0.4 is 10.2 Å². The number of aromatic hydroxyl groups is 2. The monoisotopic (exact) mass is 676 g/mol. The fourth-order valence-corrected chi connectivity index (χ4v) is 3.59. The molecule has 0 aliphatic carbocycles. The maximum absolute atomic E-state index is 12.5. The number of rotatable bonds is 7. The van der Waals surface area contributed by atoms with Crippen molar-refractivity contribution in [3.05, 3.63) is 119 Å². The molecule has 0 radical (unpaired) electrons. The van der Waals surface area contributed by atoms with Crippen LogP contribution in [0.1, 0.15) is 38.7 Å². The van der Waals surface area contributed by atoms with Crippen molar-refractivity contribution in [2.75, 3.05) is 37.8 Å². The van der Waals surface area contributed by atoms with Gasteiger partial charge in [0.2, 0.25) is 0 Å². The molecule has 0 saturated heterocycles. The van der Waals surface area contributed by atoms with Gasteiger partial charge in [-0.2, -0.15) is 0 Å². The number of benzene rings is 4. The summed E-state index contributed by atoms with van der Waals surface area (Å²) in [5.74, 6) is -0.839. The first-order chi connectivity index (χ1) is 24.8. The molecule has 0 amide bonds. The number of hydrogen-bond donors (Lipinski definition) is 2. The molecular weight excluding hydrogens is 631 g/mol. The van der Waals surface area contributed by atoms with Crippen LogP contribution in [0.3, 0.4) is 0 Å². The van der Waals surface area contributed by atoms with Crippen LogP contribution >= 0.6 is 0 Å². The van der Waals surface area contributed by atoms with Crippen molar-refractivity contribution < 1.29 is 61.8 Å². The van der Waals surface area contributed by atoms with E-state index in [1.807, 2.05) is 60.7 Å². The maximum atomic E-state index is 12.5. The van der Waals surface area contributed by atoms with E-state index in [1.54, 1.807) is 12.1 Å². The zero-order valence-corrected chi connectivity index (χ0v) is 24.8. The summed E-state index contributed by atoms with van der Waals surface area (Å²) in [5.41, 5.74) is 3.34. The summed E-state index contributed by atoms with van der Waals surface area (Å²) >= 11 is 0. The Labute approximate surface area is 284 Å². The van der Waals surface area contributed by atoms with Crippen LogP contribution in [0.2, 0.25) is 0 Å². The van der Waals surface area contributed by atoms with Gasteiger partial charge in [-0.1, -0.05) is 72.2 Å². The summed E-state index contributed by atoms with van der Waals surface area (Å²) in [4.78, 5) is 9.32. The largest absolute Gasteiger partial charge is 2.00 e. The Morgan fingerprint density at radius 3 is 1.28 bits per heavy atom. The van der Waals surface area contributed by atoms with Crippen LogP contribution in [0.25, 0.3) is 0 Å². The Morgan fingerprint density at radius 1 is 0.651 bits per heavy atom. The van der Waals surface area contributed by atoms with E-state index in [-0.39, 0.29) is 52.6 Å². The molecule has 0 aliphatic heterocycles. The molecule has 2 N–H and O–H groups in total. The van der Waals surface area contributed by atoms with Crippen molar-refractivity contribution in [2.24, 2.45) is 9.98 Å². The molecule has 0 heterocycles. The minimum atomic E-state index is -2.90. The van der Waals surface area contributed by atoms with E-state index in [0.717, 1.165) is 11.1 Å². The quantitative estimate of drug-likeness (QED) is 0.174. The summed E-state index contributed by atoms with van der Waals surface area (Å²) in [7, 11) is -5.51. The van der Waals surface area contributed by atoms with E-state index in [9.17, 15) is 28.8 Å². The standard InChI is InChI=1S/C28H24N2O4.2C2H6OS.Ni/c31-21-11-13-23(25(33)17-21)27(19-7-3-1-4-8-19)29-15-16-30-28(20-9-5-2-6-10-20)24-14-12-22(32)18-26(24)34;2*1-4(2)3;/h1-14,17-18,31-34H,15-16H2;2*1-2H3;/q;;;+2/p-2/i;2*1D3,2D3;. The predicted molar refractivity (Wildman–Crippen MR) is 169 cm³/mol. The third kappa shape index (κ3) is 13.4. The van der Waals surface area contributed by atoms with Crippen LogP contribution in [0, 0.1) is 0 Å². The minimum Gasteiger partial charge on any atom is -0.872 e. The van der Waals surface area contributed by atoms with Gasteiger partial charge in [-0.3, -0.25) is 18.4 Å². The van der Waals surface area contributed by atoms with E-state index >= 15 is 0 Å². The van der Waals surface area contributed by atoms with Gasteiger partial charge in [0.25, 0.3) is 0 Å². The fraction of sp³-hybridized carbons (Fsp3) is 0.188. The SMILES string of the molecule is [2H]C([2H])([2H])S(=O)C([2H])([2H])[2H].[2H]C([2H])([2H])S(=O)C([2H])([2H])[2H].[Ni+2].[O-]c1cc(O)ccc1C(=NCCN=C(c1ccccc1)c1ccc(O)cc1[O-])c1ccccc1. The zero-order valence-electron chi connectivity index (χ0n) is 34.2. The van der Waals surface area contributed by atoms with Gasteiger partial charge in [0, 0.05) is 73.9 Å². The Hall–Kier alpha value is -3.79. The van der Waals surface area contributed by atoms with Gasteiger partial charge in [-0.05, 0) is 47.5 Å². The summed E-state index contributed by atoms with van der Waals surface area (Å²) in [6.07, 6.45) is -11.6. The molecular formula is C32H34N2NiO6S2. The summed E-state index contributed by atoms with van der Waals surface area (Å²) in [5, 5.41) is 44.3. The molecule has 230 valence electrons. The van der Waals surface area contributed by atoms with E-state index < -0.39 is 46.3 Å². The molecule has 4 aromatic carbocycles. The van der Waals surface area contributed by atoms with Gasteiger partial charge < -0.3 is 20.4 Å². The normalized spacial score (nSPS) is 16.4. The molecule has 8 nitrogen and oxygen atoms in total. The first-order valence-corrected chi connectivity index (χ1v) is 14.2. The van der Waals surface area contributed by atoms with E-state index in [0.29, 0.717) is 22.6 Å². The molecule has 11 heteroatoms. The Balaban J connectivity index is 0.000000595. The van der Waals surface area contributed by atoms with Gasteiger partial charge >= 0.3 is 16.5 Å². The molecule has 0 aliphatic rings. The van der Waals surface area contributed by atoms with Crippen molar-refractivity contribution in [3.63, 3.8) is 0 Å². The summed E-state index contributed by atoms with van der Waals surface area (Å²) in [6.45, 7) is 0.542. The fourth-order valence-electron chi connectivity index (χ4n) is 3.59. The molecule has 0 aromatic heterocycles. The minimum absolute atomic E-state index is 0. The van der Waals surface area contributed by atoms with Gasteiger partial charge in [-0.25, -0.2) is 0 Å². The Bertz CT molecular complexity index is 1780. The van der Waals surface area contributed by atoms with Gasteiger partial charge in [0.05, 0.1) is 24.5 Å². The third-order valence-electron chi connectivity index (χ3n) is 5.17. The van der Waals surface area contributed by atoms with E-state index in [1.165, 1.54) is 24.3 Å². The first-order valence-electron chi connectivity index (χ1n) is 17.9. The van der Waals surface area contributed by atoms with Crippen LogP contribution in [-0.2, 0) is 38.1 Å². The summed E-state index contributed by atoms with van der Waals surface area (Å²) in [6, 6.07) is 27.0. The molecule has 0 atom stereocenters. The van der Waals surface area contributed by atoms with Crippen molar-refractivity contribution in [3.8, 4) is 23.0 Å². The topological polar surface area (TPSA) is 145 Å². The number of aliphatic imine (C=N–C) groups is 2. The average Bonchev–Trinajstić information content (AvgIpc) is 3.06. The smallest absolute Gasteiger partial charge is 0.872 e. The zero-order chi connectivity index (χ0) is 41.1. The van der Waals surface area contributed by atoms with Crippen LogP contribution in [-0.4, -0.2) is 67.9 Å². The van der Waals surface area contributed by atoms with Crippen LogP contribution in [0.5, 0.6) is 23.0 Å². The third-order valence-corrected chi connectivity index (χ3v) is 5.17. The van der Waals surface area contributed by atoms with Gasteiger partial charge in [0.1, 0.15) is 11.5 Å². The molecule has 43 heavy (non-hydrogen) atoms. The molecule has 0 spiro atoms. The first kappa shape index (κ1) is 21.8. The number of phenolic OH excluding ortho intramolecular Hbond substituents is 2. The Morgan fingerprint density at radius 2 is 1.00 bits per heavy atom. The molecule has 4 rings (SSSR count). The second-order valence-electron chi connectivity index (χ2n) is 8.09. The summed E-state index contributed by atoms with van der Waals surface area (Å²) < 4.78 is 98.5. The van der Waals surface area contributed by atoms with Gasteiger partial charge in [-0.15, -0.1) is 0 Å². The van der Waals surface area contributed by atoms with E-state index in [2.05, 4.69) is 9.98 Å². The van der Waals surface area contributed by atoms with Crippen LogP contribution in [0.15, 0.2) is 107 Å². The predicted octanol–water partition coefficient (Wildman–Crippen LogP) is 3.61. The van der Waals surface area contributed by atoms with Crippen LogP contribution in [0.4, 0.5) is 0 Å². The average molecular weight is 678 g/mol. The molecule has 0 unspecified atom stereocenters. The number of phenols is 2. The molecule has 0 bridgehead atoms.